The van der Waals surface area contributed by atoms with Gasteiger partial charge in [-0.3, -0.25) is 23.7 Å². The number of thioether (sulfide) groups is 1. The Morgan fingerprint density at radius 2 is 1.62 bits per heavy atom. The van der Waals surface area contributed by atoms with Gasteiger partial charge in [0.1, 0.15) is 11.8 Å². The molecule has 3 heterocycles. The minimum absolute atomic E-state index is 0.213. The van der Waals surface area contributed by atoms with E-state index in [1.807, 2.05) is 31.2 Å². The van der Waals surface area contributed by atoms with E-state index in [0.717, 1.165) is 26.9 Å². The molecule has 1 N–H and O–H groups in total. The average Bonchev–Trinajstić information content (AvgIpc) is 3.37. The van der Waals surface area contributed by atoms with Crippen LogP contribution in [0.5, 0.6) is 0 Å². The zero-order valence-corrected chi connectivity index (χ0v) is 24.9. The summed E-state index contributed by atoms with van der Waals surface area (Å²) in [7, 11) is 0. The van der Waals surface area contributed by atoms with Gasteiger partial charge in [0.05, 0.1) is 16.6 Å². The van der Waals surface area contributed by atoms with E-state index in [-0.39, 0.29) is 29.1 Å². The maximum atomic E-state index is 13.9. The number of benzene rings is 3. The summed E-state index contributed by atoms with van der Waals surface area (Å²) in [5.74, 6) is -2.29. The van der Waals surface area contributed by atoms with Crippen LogP contribution in [-0.2, 0) is 20.9 Å². The Hall–Kier alpha value is -3.18. The van der Waals surface area contributed by atoms with E-state index in [2.05, 4.69) is 21.2 Å². The number of carbonyl (C=O) groups excluding carboxylic acids is 3. The molecule has 0 aliphatic carbocycles. The molecule has 3 aromatic carbocycles. The second-order valence-electron chi connectivity index (χ2n) is 9.62. The van der Waals surface area contributed by atoms with Crippen molar-refractivity contribution < 1.29 is 14.4 Å². The number of nitrogens with one attached hydrogen (secondary N) is 1. The first-order chi connectivity index (χ1) is 19.2. The number of amides is 3. The monoisotopic (exact) mass is 653 g/mol. The molecule has 3 atom stereocenters. The molecular weight excluding hydrogens is 634 g/mol. The number of thiazole rings is 1. The van der Waals surface area contributed by atoms with Gasteiger partial charge in [-0.25, -0.2) is 4.90 Å². The minimum Gasteiger partial charge on any atom is -0.325 e. The largest absolute Gasteiger partial charge is 0.325 e. The fourth-order valence-corrected chi connectivity index (χ4v) is 8.27. The third-order valence-corrected chi connectivity index (χ3v) is 10.4. The van der Waals surface area contributed by atoms with Crippen molar-refractivity contribution in [3.63, 3.8) is 0 Å². The highest BCUT2D eigenvalue weighted by Crippen LogP contribution is 2.54. The summed E-state index contributed by atoms with van der Waals surface area (Å²) in [6.45, 7) is 1.74. The van der Waals surface area contributed by atoms with Gasteiger partial charge in [-0.05, 0) is 61.0 Å². The van der Waals surface area contributed by atoms with Crippen molar-refractivity contribution in [1.29, 1.82) is 0 Å². The van der Waals surface area contributed by atoms with Crippen molar-refractivity contribution in [2.75, 3.05) is 10.2 Å². The molecule has 0 spiro atoms. The fraction of sp³-hybridized carbons (Fsp3) is 0.172. The number of aromatic nitrogens is 1. The van der Waals surface area contributed by atoms with E-state index in [1.165, 1.54) is 21.2 Å². The van der Waals surface area contributed by atoms with Crippen LogP contribution in [0.25, 0.3) is 0 Å². The van der Waals surface area contributed by atoms with Gasteiger partial charge in [0.2, 0.25) is 17.7 Å². The number of carbonyl (C=O) groups is 3. The van der Waals surface area contributed by atoms with Gasteiger partial charge in [0.15, 0.2) is 0 Å². The summed E-state index contributed by atoms with van der Waals surface area (Å²) >= 11 is 11.8. The van der Waals surface area contributed by atoms with Crippen molar-refractivity contribution in [2.24, 2.45) is 5.92 Å². The van der Waals surface area contributed by atoms with Crippen LogP contribution >= 0.6 is 50.6 Å². The number of nitrogens with zero attached hydrogens (tertiary/aromatic N) is 2. The molecule has 0 unspecified atom stereocenters. The number of hydrogen-bond acceptors (Lipinski definition) is 6. The fourth-order valence-electron chi connectivity index (χ4n) is 5.11. The number of anilines is 2. The van der Waals surface area contributed by atoms with Gasteiger partial charge >= 0.3 is 4.87 Å². The third kappa shape index (κ3) is 4.83. The normalized spacial score (nSPS) is 19.9. The Morgan fingerprint density at radius 3 is 2.30 bits per heavy atom. The number of hydrogen-bond donors (Lipinski definition) is 1. The number of aryl methyl sites for hydroxylation is 1. The molecule has 1 saturated heterocycles. The zero-order chi connectivity index (χ0) is 28.1. The van der Waals surface area contributed by atoms with E-state index >= 15 is 0 Å². The SMILES string of the molecule is Cc1ccc(NC(=O)Cn2c3c(sc2=O)[C@@H](c2ccc(Cl)cc2)[C@@H]2C(=O)N(c4ccc(Br)cc4)C(=O)[C@@H]2S3)cc1. The molecule has 4 aromatic rings. The molecule has 3 amide bonds. The molecule has 202 valence electrons. The number of halogens is 2. The lowest BCUT2D eigenvalue weighted by atomic mass is 9.83. The van der Waals surface area contributed by atoms with E-state index in [1.54, 1.807) is 48.5 Å². The molecule has 11 heteroatoms. The van der Waals surface area contributed by atoms with Crippen LogP contribution in [-0.4, -0.2) is 27.5 Å². The predicted octanol–water partition coefficient (Wildman–Crippen LogP) is 6.07. The van der Waals surface area contributed by atoms with Crippen molar-refractivity contribution >= 4 is 79.7 Å². The van der Waals surface area contributed by atoms with Crippen LogP contribution in [0.2, 0.25) is 5.02 Å². The molecule has 2 aliphatic rings. The van der Waals surface area contributed by atoms with Gasteiger partial charge in [-0.2, -0.15) is 0 Å². The average molecular weight is 655 g/mol. The predicted molar refractivity (Wildman–Crippen MR) is 161 cm³/mol. The van der Waals surface area contributed by atoms with Crippen molar-refractivity contribution in [3.8, 4) is 0 Å². The smallest absolute Gasteiger partial charge is 0.308 e. The molecule has 1 fully saturated rings. The topological polar surface area (TPSA) is 88.5 Å². The Bertz CT molecular complexity index is 1700. The number of rotatable bonds is 5. The summed E-state index contributed by atoms with van der Waals surface area (Å²) in [5.41, 5.74) is 2.95. The Kier molecular flexibility index (Phi) is 7.20. The zero-order valence-electron chi connectivity index (χ0n) is 21.0. The first kappa shape index (κ1) is 27.0. The maximum absolute atomic E-state index is 13.9. The molecule has 0 radical (unpaired) electrons. The number of fused-ring (bicyclic) bond motifs is 2. The molecule has 0 saturated carbocycles. The lowest BCUT2D eigenvalue weighted by molar-refractivity contribution is -0.122. The van der Waals surface area contributed by atoms with Crippen LogP contribution < -0.4 is 15.1 Å². The summed E-state index contributed by atoms with van der Waals surface area (Å²) in [4.78, 5) is 55.5. The van der Waals surface area contributed by atoms with Crippen LogP contribution in [0, 0.1) is 12.8 Å². The van der Waals surface area contributed by atoms with Crippen molar-refractivity contribution in [1.82, 2.24) is 4.57 Å². The Balaban J connectivity index is 1.40. The van der Waals surface area contributed by atoms with Crippen LogP contribution in [0.3, 0.4) is 0 Å². The second-order valence-corrected chi connectivity index (χ2v) is 13.1. The van der Waals surface area contributed by atoms with Gasteiger partial charge in [0.25, 0.3) is 0 Å². The van der Waals surface area contributed by atoms with Crippen molar-refractivity contribution in [3.05, 3.63) is 108 Å². The van der Waals surface area contributed by atoms with E-state index in [9.17, 15) is 19.2 Å². The molecule has 2 aliphatic heterocycles. The summed E-state index contributed by atoms with van der Waals surface area (Å²) in [5, 5.41) is 3.15. The van der Waals surface area contributed by atoms with Gasteiger partial charge in [0, 0.05) is 26.0 Å². The van der Waals surface area contributed by atoms with Gasteiger partial charge in [-0.15, -0.1) is 0 Å². The summed E-state index contributed by atoms with van der Waals surface area (Å²) < 4.78 is 2.24. The quantitative estimate of drug-likeness (QED) is 0.264. The first-order valence-electron chi connectivity index (χ1n) is 12.4. The highest BCUT2D eigenvalue weighted by molar-refractivity contribution is 9.10. The summed E-state index contributed by atoms with van der Waals surface area (Å²) in [6.07, 6.45) is 0. The standard InChI is InChI=1S/C29H21BrClN3O4S2/c1-15-2-10-19(11-3-15)32-21(35)14-33-28-25(40-29(33)38)22(16-4-8-18(31)9-5-16)23-24(39-28)27(37)34(26(23)36)20-12-6-17(30)7-13-20/h2-13,22-24H,14H2,1H3,(H,32,35)/t22-,23-,24+/m0/s1. The molecule has 1 aromatic heterocycles. The maximum Gasteiger partial charge on any atom is 0.308 e. The summed E-state index contributed by atoms with van der Waals surface area (Å²) in [6, 6.07) is 21.5. The lowest BCUT2D eigenvalue weighted by Gasteiger charge is -2.30. The Labute approximate surface area is 251 Å². The molecular formula is C29H21BrClN3O4S2. The van der Waals surface area contributed by atoms with Crippen LogP contribution in [0.4, 0.5) is 11.4 Å². The second kappa shape index (κ2) is 10.7. The van der Waals surface area contributed by atoms with Gasteiger partial charge in [-0.1, -0.05) is 80.5 Å². The van der Waals surface area contributed by atoms with Crippen LogP contribution in [0.15, 0.2) is 87.1 Å². The molecule has 7 nitrogen and oxygen atoms in total. The van der Waals surface area contributed by atoms with E-state index < -0.39 is 17.1 Å². The number of imide groups is 1. The third-order valence-electron chi connectivity index (χ3n) is 7.00. The molecule has 6 rings (SSSR count). The van der Waals surface area contributed by atoms with E-state index in [0.29, 0.717) is 26.3 Å². The van der Waals surface area contributed by atoms with E-state index in [4.69, 9.17) is 11.6 Å². The highest BCUT2D eigenvalue weighted by Gasteiger charge is 2.56. The van der Waals surface area contributed by atoms with Crippen molar-refractivity contribution in [2.45, 2.75) is 29.7 Å². The van der Waals surface area contributed by atoms with Gasteiger partial charge < -0.3 is 5.32 Å². The first-order valence-corrected chi connectivity index (χ1v) is 15.2. The highest BCUT2D eigenvalue weighted by atomic mass is 79.9. The molecule has 0 bridgehead atoms. The Morgan fingerprint density at radius 1 is 0.950 bits per heavy atom. The van der Waals surface area contributed by atoms with Crippen LogP contribution in [0.1, 0.15) is 21.9 Å². The molecule has 40 heavy (non-hydrogen) atoms. The minimum atomic E-state index is -0.760. The lowest BCUT2D eigenvalue weighted by Crippen LogP contribution is -2.33.